The normalized spacial score (nSPS) is 12.9. The van der Waals surface area contributed by atoms with E-state index < -0.39 is 5.97 Å². The van der Waals surface area contributed by atoms with Crippen molar-refractivity contribution in [2.45, 2.75) is 19.4 Å². The van der Waals surface area contributed by atoms with Gasteiger partial charge in [-0.3, -0.25) is 4.79 Å². The van der Waals surface area contributed by atoms with Gasteiger partial charge in [0.25, 0.3) is 0 Å². The average Bonchev–Trinajstić information content (AvgIpc) is 2.82. The molecule has 5 nitrogen and oxygen atoms in total. The average molecular weight is 255 g/mol. The number of benzene rings is 2. The van der Waals surface area contributed by atoms with Gasteiger partial charge in [0, 0.05) is 5.39 Å². The van der Waals surface area contributed by atoms with E-state index in [0.717, 1.165) is 21.8 Å². The van der Waals surface area contributed by atoms with Crippen molar-refractivity contribution in [1.82, 2.24) is 15.0 Å². The van der Waals surface area contributed by atoms with Crippen LogP contribution in [0.5, 0.6) is 0 Å². The quantitative estimate of drug-likeness (QED) is 0.781. The minimum absolute atomic E-state index is 0.0330. The molecule has 1 heterocycles. The van der Waals surface area contributed by atoms with Gasteiger partial charge in [0.15, 0.2) is 0 Å². The Hall–Kier alpha value is -2.43. The Kier molecular flexibility index (Phi) is 2.67. The number of hydrogen-bond acceptors (Lipinski definition) is 3. The van der Waals surface area contributed by atoms with Gasteiger partial charge in [0.1, 0.15) is 5.52 Å². The molecule has 5 heteroatoms. The van der Waals surface area contributed by atoms with Crippen LogP contribution in [0.3, 0.4) is 0 Å². The van der Waals surface area contributed by atoms with Crippen molar-refractivity contribution in [1.29, 1.82) is 0 Å². The number of aliphatic carboxylic acids is 1. The number of carboxylic acids is 1. The first-order chi connectivity index (χ1) is 9.16. The van der Waals surface area contributed by atoms with Gasteiger partial charge in [-0.25, -0.2) is 4.68 Å². The molecule has 1 atom stereocenters. The molecular weight excluding hydrogens is 242 g/mol. The second-order valence-corrected chi connectivity index (χ2v) is 4.64. The van der Waals surface area contributed by atoms with Gasteiger partial charge in [0.05, 0.1) is 18.0 Å². The lowest BCUT2D eigenvalue weighted by molar-refractivity contribution is -0.137. The summed E-state index contributed by atoms with van der Waals surface area (Å²) in [5, 5.41) is 19.3. The Morgan fingerprint density at radius 1 is 1.32 bits per heavy atom. The first-order valence-corrected chi connectivity index (χ1v) is 6.11. The Morgan fingerprint density at radius 3 is 2.89 bits per heavy atom. The van der Waals surface area contributed by atoms with Crippen LogP contribution in [0.25, 0.3) is 21.8 Å². The highest BCUT2D eigenvalue weighted by molar-refractivity contribution is 6.03. The van der Waals surface area contributed by atoms with E-state index >= 15 is 0 Å². The standard InChI is InChI=1S/C14H13N3O2/c1-9(8-13(18)19)17-12-7-6-10-4-2-3-5-11(10)14(12)15-16-17/h2-7,9H,8H2,1H3,(H,18,19). The lowest BCUT2D eigenvalue weighted by Gasteiger charge is -2.09. The number of carbonyl (C=O) groups is 1. The summed E-state index contributed by atoms with van der Waals surface area (Å²) in [6.45, 7) is 1.83. The number of nitrogens with zero attached hydrogens (tertiary/aromatic N) is 3. The Morgan fingerprint density at radius 2 is 2.11 bits per heavy atom. The molecule has 0 aliphatic carbocycles. The molecule has 1 N–H and O–H groups in total. The van der Waals surface area contributed by atoms with Gasteiger partial charge >= 0.3 is 5.97 Å². The summed E-state index contributed by atoms with van der Waals surface area (Å²) >= 11 is 0. The fourth-order valence-corrected chi connectivity index (χ4v) is 2.34. The summed E-state index contributed by atoms with van der Waals surface area (Å²) in [6, 6.07) is 11.7. The van der Waals surface area contributed by atoms with Gasteiger partial charge in [-0.15, -0.1) is 5.10 Å². The van der Waals surface area contributed by atoms with Gasteiger partial charge in [-0.2, -0.15) is 0 Å². The highest BCUT2D eigenvalue weighted by atomic mass is 16.4. The van der Waals surface area contributed by atoms with Gasteiger partial charge in [0.2, 0.25) is 0 Å². The lowest BCUT2D eigenvalue weighted by Crippen LogP contribution is -2.11. The topological polar surface area (TPSA) is 68.0 Å². The number of hydrogen-bond donors (Lipinski definition) is 1. The van der Waals surface area contributed by atoms with Crippen LogP contribution < -0.4 is 0 Å². The minimum Gasteiger partial charge on any atom is -0.481 e. The molecule has 0 radical (unpaired) electrons. The largest absolute Gasteiger partial charge is 0.481 e. The zero-order valence-electron chi connectivity index (χ0n) is 10.4. The molecule has 0 amide bonds. The molecule has 3 aromatic rings. The van der Waals surface area contributed by atoms with Crippen LogP contribution in [0.2, 0.25) is 0 Å². The smallest absolute Gasteiger partial charge is 0.305 e. The summed E-state index contributed by atoms with van der Waals surface area (Å²) in [6.07, 6.45) is 0.0330. The van der Waals surface area contributed by atoms with E-state index in [1.807, 2.05) is 43.3 Å². The van der Waals surface area contributed by atoms with E-state index in [9.17, 15) is 4.79 Å². The van der Waals surface area contributed by atoms with Crippen LogP contribution in [0.1, 0.15) is 19.4 Å². The van der Waals surface area contributed by atoms with E-state index in [1.165, 1.54) is 0 Å². The third-order valence-corrected chi connectivity index (χ3v) is 3.25. The number of rotatable bonds is 3. The summed E-state index contributed by atoms with van der Waals surface area (Å²) in [4.78, 5) is 10.8. The summed E-state index contributed by atoms with van der Waals surface area (Å²) in [5.74, 6) is -0.836. The van der Waals surface area contributed by atoms with Crippen molar-refractivity contribution in [3.63, 3.8) is 0 Å². The SMILES string of the molecule is CC(CC(=O)O)n1nnc2c3ccccc3ccc21. The lowest BCUT2D eigenvalue weighted by atomic mass is 10.1. The molecule has 0 saturated carbocycles. The minimum atomic E-state index is -0.836. The maximum atomic E-state index is 10.8. The van der Waals surface area contributed by atoms with E-state index in [-0.39, 0.29) is 12.5 Å². The zero-order valence-corrected chi connectivity index (χ0v) is 10.4. The highest BCUT2D eigenvalue weighted by Crippen LogP contribution is 2.25. The fraction of sp³-hybridized carbons (Fsp3) is 0.214. The highest BCUT2D eigenvalue weighted by Gasteiger charge is 2.15. The zero-order chi connectivity index (χ0) is 13.4. The molecule has 19 heavy (non-hydrogen) atoms. The van der Waals surface area contributed by atoms with Crippen molar-refractivity contribution in [3.8, 4) is 0 Å². The van der Waals surface area contributed by atoms with E-state index in [2.05, 4.69) is 10.3 Å². The number of fused-ring (bicyclic) bond motifs is 3. The van der Waals surface area contributed by atoms with Gasteiger partial charge in [-0.05, 0) is 18.4 Å². The molecule has 2 aromatic carbocycles. The number of carboxylic acid groups (broad SMARTS) is 1. The third-order valence-electron chi connectivity index (χ3n) is 3.25. The van der Waals surface area contributed by atoms with E-state index in [1.54, 1.807) is 4.68 Å². The number of aromatic nitrogens is 3. The van der Waals surface area contributed by atoms with Crippen LogP contribution in [-0.4, -0.2) is 26.1 Å². The van der Waals surface area contributed by atoms with Crippen molar-refractivity contribution in [3.05, 3.63) is 36.4 Å². The second kappa shape index (κ2) is 4.35. The molecule has 0 spiro atoms. The van der Waals surface area contributed by atoms with Crippen LogP contribution in [0.4, 0.5) is 0 Å². The molecule has 96 valence electrons. The van der Waals surface area contributed by atoms with Crippen LogP contribution >= 0.6 is 0 Å². The van der Waals surface area contributed by atoms with Gasteiger partial charge in [-0.1, -0.05) is 35.5 Å². The first kappa shape index (κ1) is 11.6. The van der Waals surface area contributed by atoms with Crippen molar-refractivity contribution in [2.24, 2.45) is 0 Å². The van der Waals surface area contributed by atoms with Crippen LogP contribution in [0.15, 0.2) is 36.4 Å². The Balaban J connectivity index is 2.18. The molecule has 0 aliphatic heterocycles. The molecule has 1 aromatic heterocycles. The predicted molar refractivity (Wildman–Crippen MR) is 72.0 cm³/mol. The summed E-state index contributed by atoms with van der Waals surface area (Å²) < 4.78 is 1.68. The van der Waals surface area contributed by atoms with E-state index in [4.69, 9.17) is 5.11 Å². The summed E-state index contributed by atoms with van der Waals surface area (Å²) in [7, 11) is 0. The summed E-state index contributed by atoms with van der Waals surface area (Å²) in [5.41, 5.74) is 1.68. The molecule has 0 saturated heterocycles. The molecule has 0 fully saturated rings. The Bertz CT molecular complexity index is 764. The Labute approximate surface area is 109 Å². The third kappa shape index (κ3) is 1.93. The molecule has 0 bridgehead atoms. The van der Waals surface area contributed by atoms with Crippen molar-refractivity contribution in [2.75, 3.05) is 0 Å². The maximum absolute atomic E-state index is 10.8. The van der Waals surface area contributed by atoms with Crippen molar-refractivity contribution < 1.29 is 9.90 Å². The molecular formula is C14H13N3O2. The molecule has 0 aliphatic rings. The molecule has 3 rings (SSSR count). The monoisotopic (exact) mass is 255 g/mol. The molecule has 1 unspecified atom stereocenters. The maximum Gasteiger partial charge on any atom is 0.305 e. The van der Waals surface area contributed by atoms with Crippen LogP contribution in [-0.2, 0) is 4.79 Å². The van der Waals surface area contributed by atoms with Crippen LogP contribution in [0, 0.1) is 0 Å². The second-order valence-electron chi connectivity index (χ2n) is 4.64. The first-order valence-electron chi connectivity index (χ1n) is 6.11. The van der Waals surface area contributed by atoms with E-state index in [0.29, 0.717) is 0 Å². The van der Waals surface area contributed by atoms with Gasteiger partial charge < -0.3 is 5.11 Å². The van der Waals surface area contributed by atoms with Crippen molar-refractivity contribution >= 4 is 27.8 Å². The fourth-order valence-electron chi connectivity index (χ4n) is 2.34. The predicted octanol–water partition coefficient (Wildman–Crippen LogP) is 2.62.